The van der Waals surface area contributed by atoms with Gasteiger partial charge in [-0.3, -0.25) is 4.79 Å². The first kappa shape index (κ1) is 18.1. The third-order valence-electron chi connectivity index (χ3n) is 4.68. The molecule has 134 valence electrons. The molecule has 0 saturated heterocycles. The summed E-state index contributed by atoms with van der Waals surface area (Å²) in [5, 5.41) is 0.988. The molecule has 1 aliphatic carbocycles. The van der Waals surface area contributed by atoms with Crippen LogP contribution in [0.1, 0.15) is 62.6 Å². The quantitative estimate of drug-likeness (QED) is 0.758. The zero-order chi connectivity index (χ0) is 17.8. The van der Waals surface area contributed by atoms with Crippen molar-refractivity contribution in [1.82, 2.24) is 9.97 Å². The minimum Gasteiger partial charge on any atom is -0.301 e. The van der Waals surface area contributed by atoms with E-state index in [-0.39, 0.29) is 11.1 Å². The predicted molar refractivity (Wildman–Crippen MR) is 96.1 cm³/mol. The maximum absolute atomic E-state index is 14.2. The Balaban J connectivity index is 1.93. The van der Waals surface area contributed by atoms with E-state index in [1.165, 1.54) is 43.5 Å². The van der Waals surface area contributed by atoms with E-state index >= 15 is 0 Å². The molecule has 0 aliphatic heterocycles. The minimum atomic E-state index is -0.601. The van der Waals surface area contributed by atoms with Gasteiger partial charge in [0, 0.05) is 22.8 Å². The fourth-order valence-electron chi connectivity index (χ4n) is 3.43. The summed E-state index contributed by atoms with van der Waals surface area (Å²) in [5.74, 6) is -1.78. The lowest BCUT2D eigenvalue weighted by atomic mass is 9.92. The highest BCUT2D eigenvalue weighted by atomic mass is 32.2. The molecule has 0 spiro atoms. The van der Waals surface area contributed by atoms with Crippen molar-refractivity contribution in [3.63, 3.8) is 0 Å². The Hall–Kier alpha value is -1.69. The Morgan fingerprint density at radius 2 is 1.92 bits per heavy atom. The summed E-state index contributed by atoms with van der Waals surface area (Å²) in [6, 6.07) is 5.18. The highest BCUT2D eigenvalue weighted by Crippen LogP contribution is 2.34. The van der Waals surface area contributed by atoms with E-state index in [0.717, 1.165) is 12.8 Å². The number of halogens is 2. The van der Waals surface area contributed by atoms with E-state index in [2.05, 4.69) is 9.97 Å². The van der Waals surface area contributed by atoms with Gasteiger partial charge in [0.2, 0.25) is 0 Å². The molecule has 0 radical (unpaired) electrons. The molecule has 6 heteroatoms. The molecular weight excluding hydrogens is 342 g/mol. The molecule has 0 amide bonds. The maximum Gasteiger partial charge on any atom is 0.251 e. The van der Waals surface area contributed by atoms with E-state index in [0.29, 0.717) is 22.5 Å². The minimum absolute atomic E-state index is 0.0169. The van der Waals surface area contributed by atoms with E-state index in [4.69, 9.17) is 0 Å². The molecule has 1 aliphatic rings. The molecule has 0 bridgehead atoms. The number of benzene rings is 1. The second kappa shape index (κ2) is 8.13. The molecular formula is C19H22F2N2OS. The summed E-state index contributed by atoms with van der Waals surface area (Å²) in [6.07, 6.45) is 6.32. The highest BCUT2D eigenvalue weighted by Gasteiger charge is 2.23. The fraction of sp³-hybridized carbons (Fsp3) is 0.474. The number of aromatic amines is 1. The van der Waals surface area contributed by atoms with Crippen molar-refractivity contribution in [2.75, 3.05) is 0 Å². The molecule has 3 rings (SSSR count). The number of nitrogens with one attached hydrogen (secondary N) is 1. The Kier molecular flexibility index (Phi) is 5.89. The van der Waals surface area contributed by atoms with Gasteiger partial charge in [-0.25, -0.2) is 13.8 Å². The van der Waals surface area contributed by atoms with Gasteiger partial charge in [0.25, 0.3) is 5.56 Å². The average Bonchev–Trinajstić information content (AvgIpc) is 2.58. The van der Waals surface area contributed by atoms with Crippen LogP contribution in [0.4, 0.5) is 8.78 Å². The first-order valence-corrected chi connectivity index (χ1v) is 9.68. The Morgan fingerprint density at radius 3 is 2.56 bits per heavy atom. The molecule has 1 saturated carbocycles. The van der Waals surface area contributed by atoms with Gasteiger partial charge in [-0.05, 0) is 31.4 Å². The van der Waals surface area contributed by atoms with Crippen molar-refractivity contribution in [2.45, 2.75) is 61.8 Å². The van der Waals surface area contributed by atoms with Crippen LogP contribution in [0.5, 0.6) is 0 Å². The Bertz CT molecular complexity index is 767. The van der Waals surface area contributed by atoms with Gasteiger partial charge in [0.15, 0.2) is 5.16 Å². The van der Waals surface area contributed by atoms with Crippen LogP contribution in [0.2, 0.25) is 0 Å². The molecule has 3 nitrogen and oxygen atoms in total. The second-order valence-electron chi connectivity index (χ2n) is 6.45. The number of H-pyrrole nitrogens is 1. The SMILES string of the molecule is CCC(c1cc(=O)[nH]c(SC2CCCCC2)n1)c1c(F)cccc1F. The predicted octanol–water partition coefficient (Wildman–Crippen LogP) is 5.01. The summed E-state index contributed by atoms with van der Waals surface area (Å²) < 4.78 is 28.4. The number of hydrogen-bond acceptors (Lipinski definition) is 3. The smallest absolute Gasteiger partial charge is 0.251 e. The highest BCUT2D eigenvalue weighted by molar-refractivity contribution is 7.99. The number of nitrogens with zero attached hydrogens (tertiary/aromatic N) is 1. The first-order valence-electron chi connectivity index (χ1n) is 8.80. The van der Waals surface area contributed by atoms with Crippen molar-refractivity contribution in [3.05, 3.63) is 57.5 Å². The summed E-state index contributed by atoms with van der Waals surface area (Å²) in [5.41, 5.74) is 0.129. The lowest BCUT2D eigenvalue weighted by Gasteiger charge is -2.21. The number of hydrogen-bond donors (Lipinski definition) is 1. The van der Waals surface area contributed by atoms with Crippen LogP contribution in [0.25, 0.3) is 0 Å². The lowest BCUT2D eigenvalue weighted by Crippen LogP contribution is -2.17. The Labute approximate surface area is 150 Å². The molecule has 1 heterocycles. The normalized spacial score (nSPS) is 16.8. The standard InChI is InChI=1S/C19H22F2N2OS/c1-2-13(18-14(20)9-6-10-15(18)21)16-11-17(24)23-19(22-16)25-12-7-4-3-5-8-12/h6,9-13H,2-5,7-8H2,1H3,(H,22,23,24). The molecule has 1 atom stereocenters. The lowest BCUT2D eigenvalue weighted by molar-refractivity contribution is 0.514. The summed E-state index contributed by atoms with van der Waals surface area (Å²) in [6.45, 7) is 1.84. The van der Waals surface area contributed by atoms with Gasteiger partial charge < -0.3 is 4.98 Å². The first-order chi connectivity index (χ1) is 12.1. The number of rotatable bonds is 5. The zero-order valence-electron chi connectivity index (χ0n) is 14.2. The van der Waals surface area contributed by atoms with Gasteiger partial charge in [-0.1, -0.05) is 44.0 Å². The molecule has 1 fully saturated rings. The summed E-state index contributed by atoms with van der Waals surface area (Å²) >= 11 is 1.57. The van der Waals surface area contributed by atoms with Crippen molar-refractivity contribution < 1.29 is 8.78 Å². The van der Waals surface area contributed by atoms with Crippen LogP contribution in [-0.2, 0) is 0 Å². The van der Waals surface area contributed by atoms with Crippen molar-refractivity contribution >= 4 is 11.8 Å². The van der Waals surface area contributed by atoms with E-state index < -0.39 is 17.6 Å². The number of thioether (sulfide) groups is 1. The zero-order valence-corrected chi connectivity index (χ0v) is 15.0. The monoisotopic (exact) mass is 364 g/mol. The van der Waals surface area contributed by atoms with Crippen LogP contribution < -0.4 is 5.56 Å². The third-order valence-corrected chi connectivity index (χ3v) is 5.91. The largest absolute Gasteiger partial charge is 0.301 e. The topological polar surface area (TPSA) is 45.8 Å². The van der Waals surface area contributed by atoms with E-state index in [1.807, 2.05) is 6.92 Å². The summed E-state index contributed by atoms with van der Waals surface area (Å²) in [7, 11) is 0. The van der Waals surface area contributed by atoms with Gasteiger partial charge in [0.1, 0.15) is 11.6 Å². The molecule has 1 N–H and O–H groups in total. The molecule has 1 unspecified atom stereocenters. The van der Waals surface area contributed by atoms with Crippen LogP contribution >= 0.6 is 11.8 Å². The van der Waals surface area contributed by atoms with Crippen molar-refractivity contribution in [1.29, 1.82) is 0 Å². The maximum atomic E-state index is 14.2. The Morgan fingerprint density at radius 1 is 1.24 bits per heavy atom. The second-order valence-corrected chi connectivity index (χ2v) is 7.74. The van der Waals surface area contributed by atoms with Gasteiger partial charge in [0.05, 0.1) is 5.69 Å². The van der Waals surface area contributed by atoms with Gasteiger partial charge >= 0.3 is 0 Å². The third kappa shape index (κ3) is 4.29. The van der Waals surface area contributed by atoms with Crippen molar-refractivity contribution in [2.24, 2.45) is 0 Å². The van der Waals surface area contributed by atoms with Crippen LogP contribution in [0, 0.1) is 11.6 Å². The van der Waals surface area contributed by atoms with E-state index in [1.54, 1.807) is 11.8 Å². The molecule has 1 aromatic carbocycles. The van der Waals surface area contributed by atoms with Gasteiger partial charge in [-0.2, -0.15) is 0 Å². The average molecular weight is 364 g/mol. The fourth-order valence-corrected chi connectivity index (χ4v) is 4.64. The summed E-state index contributed by atoms with van der Waals surface area (Å²) in [4.78, 5) is 19.4. The molecule has 25 heavy (non-hydrogen) atoms. The van der Waals surface area contributed by atoms with Crippen LogP contribution in [0.3, 0.4) is 0 Å². The number of aromatic nitrogens is 2. The van der Waals surface area contributed by atoms with Crippen molar-refractivity contribution in [3.8, 4) is 0 Å². The van der Waals surface area contributed by atoms with E-state index in [9.17, 15) is 13.6 Å². The van der Waals surface area contributed by atoms with Crippen LogP contribution in [0.15, 0.2) is 34.2 Å². The molecule has 2 aromatic rings. The van der Waals surface area contributed by atoms with Crippen LogP contribution in [-0.4, -0.2) is 15.2 Å². The van der Waals surface area contributed by atoms with Gasteiger partial charge in [-0.15, -0.1) is 0 Å². The molecule has 1 aromatic heterocycles.